The molecule has 0 aliphatic carbocycles. The van der Waals surface area contributed by atoms with Gasteiger partial charge in [0.2, 0.25) is 0 Å². The Morgan fingerprint density at radius 1 is 1.23 bits per heavy atom. The molecule has 76 valence electrons. The summed E-state index contributed by atoms with van der Waals surface area (Å²) in [6.45, 7) is 1.13. The Hall–Kier alpha value is -1.10. The fourth-order valence-electron chi connectivity index (χ4n) is 0.738. The fraction of sp³-hybridized carbons (Fsp3) is 0.750. The summed E-state index contributed by atoms with van der Waals surface area (Å²) in [5.41, 5.74) is 0. The summed E-state index contributed by atoms with van der Waals surface area (Å²) in [5.74, 6) is -1.55. The molecule has 0 aromatic heterocycles. The molecular formula is C8H15NO4. The van der Waals surface area contributed by atoms with Crippen molar-refractivity contribution in [2.45, 2.75) is 12.8 Å². The smallest absolute Gasteiger partial charge is 0.396 e. The summed E-state index contributed by atoms with van der Waals surface area (Å²) >= 11 is 0. The summed E-state index contributed by atoms with van der Waals surface area (Å²) < 4.78 is 9.03. The maximum absolute atomic E-state index is 10.8. The molecule has 0 radical (unpaired) electrons. The molecule has 0 atom stereocenters. The van der Waals surface area contributed by atoms with Crippen molar-refractivity contribution >= 4 is 11.9 Å². The maximum Gasteiger partial charge on any atom is 0.396 e. The SMILES string of the molecule is COCCCCNC(=O)C(=O)OC. The molecule has 0 fully saturated rings. The summed E-state index contributed by atoms with van der Waals surface area (Å²) in [7, 11) is 2.79. The molecule has 1 N–H and O–H groups in total. The van der Waals surface area contributed by atoms with Crippen molar-refractivity contribution in [3.8, 4) is 0 Å². The van der Waals surface area contributed by atoms with E-state index in [9.17, 15) is 9.59 Å². The van der Waals surface area contributed by atoms with Crippen LogP contribution in [0, 0.1) is 0 Å². The van der Waals surface area contributed by atoms with Crippen molar-refractivity contribution in [2.24, 2.45) is 0 Å². The van der Waals surface area contributed by atoms with Crippen LogP contribution in [0.25, 0.3) is 0 Å². The number of carbonyl (C=O) groups excluding carboxylic acids is 2. The Kier molecular flexibility index (Phi) is 6.91. The number of esters is 1. The van der Waals surface area contributed by atoms with Crippen molar-refractivity contribution in [1.82, 2.24) is 5.32 Å². The number of ether oxygens (including phenoxy) is 2. The number of unbranched alkanes of at least 4 members (excludes halogenated alkanes) is 1. The number of nitrogens with one attached hydrogen (secondary N) is 1. The van der Waals surface area contributed by atoms with E-state index in [0.29, 0.717) is 13.2 Å². The quantitative estimate of drug-likeness (QED) is 0.366. The van der Waals surface area contributed by atoms with Gasteiger partial charge in [-0.05, 0) is 12.8 Å². The molecular weight excluding hydrogens is 174 g/mol. The van der Waals surface area contributed by atoms with Gasteiger partial charge in [-0.25, -0.2) is 4.79 Å². The molecule has 0 bridgehead atoms. The van der Waals surface area contributed by atoms with Crippen molar-refractivity contribution in [1.29, 1.82) is 0 Å². The van der Waals surface area contributed by atoms with Gasteiger partial charge in [0.25, 0.3) is 0 Å². The van der Waals surface area contributed by atoms with Gasteiger partial charge in [-0.3, -0.25) is 4.79 Å². The largest absolute Gasteiger partial charge is 0.462 e. The van der Waals surface area contributed by atoms with Gasteiger partial charge in [0, 0.05) is 20.3 Å². The van der Waals surface area contributed by atoms with Crippen LogP contribution in [0.2, 0.25) is 0 Å². The third-order valence-corrected chi connectivity index (χ3v) is 1.43. The Morgan fingerprint density at radius 3 is 2.46 bits per heavy atom. The summed E-state index contributed by atoms with van der Waals surface area (Å²) in [6.07, 6.45) is 1.65. The topological polar surface area (TPSA) is 64.6 Å². The van der Waals surface area contributed by atoms with Gasteiger partial charge >= 0.3 is 11.9 Å². The minimum atomic E-state index is -0.855. The predicted molar refractivity (Wildman–Crippen MR) is 46.1 cm³/mol. The van der Waals surface area contributed by atoms with E-state index < -0.39 is 11.9 Å². The third-order valence-electron chi connectivity index (χ3n) is 1.43. The molecule has 0 rings (SSSR count). The minimum Gasteiger partial charge on any atom is -0.462 e. The van der Waals surface area contributed by atoms with Crippen molar-refractivity contribution in [3.05, 3.63) is 0 Å². The number of methoxy groups -OCH3 is 2. The highest BCUT2D eigenvalue weighted by molar-refractivity contribution is 6.32. The van der Waals surface area contributed by atoms with Crippen molar-refractivity contribution in [2.75, 3.05) is 27.4 Å². The van der Waals surface area contributed by atoms with Crippen LogP contribution in [0.3, 0.4) is 0 Å². The average molecular weight is 189 g/mol. The maximum atomic E-state index is 10.8. The molecule has 5 heteroatoms. The Morgan fingerprint density at radius 2 is 1.92 bits per heavy atom. The van der Waals surface area contributed by atoms with E-state index in [-0.39, 0.29) is 0 Å². The molecule has 0 saturated carbocycles. The van der Waals surface area contributed by atoms with Gasteiger partial charge in [-0.2, -0.15) is 0 Å². The van der Waals surface area contributed by atoms with Crippen LogP contribution in [0.1, 0.15) is 12.8 Å². The lowest BCUT2D eigenvalue weighted by Gasteiger charge is -2.02. The lowest BCUT2D eigenvalue weighted by atomic mass is 10.3. The number of hydrogen-bond acceptors (Lipinski definition) is 4. The first-order chi connectivity index (χ1) is 6.22. The van der Waals surface area contributed by atoms with Crippen LogP contribution in [-0.2, 0) is 19.1 Å². The molecule has 1 amide bonds. The summed E-state index contributed by atoms with van der Waals surface area (Å²) in [5, 5.41) is 2.42. The molecule has 13 heavy (non-hydrogen) atoms. The number of hydrogen-bond donors (Lipinski definition) is 1. The number of rotatable bonds is 5. The number of amides is 1. The Balaban J connectivity index is 3.32. The molecule has 0 aromatic rings. The summed E-state index contributed by atoms with van der Waals surface area (Å²) in [4.78, 5) is 21.4. The molecule has 5 nitrogen and oxygen atoms in total. The predicted octanol–water partition coefficient (Wildman–Crippen LogP) is -0.298. The lowest BCUT2D eigenvalue weighted by molar-refractivity contribution is -0.152. The van der Waals surface area contributed by atoms with Gasteiger partial charge < -0.3 is 14.8 Å². The summed E-state index contributed by atoms with van der Waals surface area (Å²) in [6, 6.07) is 0. The van der Waals surface area contributed by atoms with E-state index in [1.54, 1.807) is 7.11 Å². The standard InChI is InChI=1S/C8H15NO4/c1-12-6-4-3-5-9-7(10)8(11)13-2/h3-6H2,1-2H3,(H,9,10). The van der Waals surface area contributed by atoms with Crippen LogP contribution in [0.4, 0.5) is 0 Å². The van der Waals surface area contributed by atoms with Crippen molar-refractivity contribution < 1.29 is 19.1 Å². The van der Waals surface area contributed by atoms with Crippen molar-refractivity contribution in [3.63, 3.8) is 0 Å². The highest BCUT2D eigenvalue weighted by atomic mass is 16.5. The first-order valence-corrected chi connectivity index (χ1v) is 4.07. The zero-order valence-electron chi connectivity index (χ0n) is 7.96. The van der Waals surface area contributed by atoms with Crippen LogP contribution in [0.15, 0.2) is 0 Å². The lowest BCUT2D eigenvalue weighted by Crippen LogP contribution is -2.32. The van der Waals surface area contributed by atoms with Crippen LogP contribution >= 0.6 is 0 Å². The first kappa shape index (κ1) is 11.9. The average Bonchev–Trinajstić information content (AvgIpc) is 2.16. The van der Waals surface area contributed by atoms with E-state index in [4.69, 9.17) is 4.74 Å². The second-order valence-corrected chi connectivity index (χ2v) is 2.45. The molecule has 0 aliphatic heterocycles. The second kappa shape index (κ2) is 7.54. The van der Waals surface area contributed by atoms with Gasteiger partial charge in [0.05, 0.1) is 7.11 Å². The van der Waals surface area contributed by atoms with Gasteiger partial charge in [0.15, 0.2) is 0 Å². The Bertz CT molecular complexity index is 170. The zero-order valence-corrected chi connectivity index (χ0v) is 7.96. The monoisotopic (exact) mass is 189 g/mol. The molecule has 0 saturated heterocycles. The Labute approximate surface area is 77.4 Å². The minimum absolute atomic E-state index is 0.470. The molecule has 0 heterocycles. The fourth-order valence-corrected chi connectivity index (χ4v) is 0.738. The van der Waals surface area contributed by atoms with Gasteiger partial charge in [-0.1, -0.05) is 0 Å². The van der Waals surface area contributed by atoms with E-state index in [1.165, 1.54) is 7.11 Å². The van der Waals surface area contributed by atoms with Crippen LogP contribution in [-0.4, -0.2) is 39.2 Å². The van der Waals surface area contributed by atoms with Gasteiger partial charge in [-0.15, -0.1) is 0 Å². The molecule has 0 aliphatic rings. The molecule has 0 spiro atoms. The van der Waals surface area contributed by atoms with E-state index in [1.807, 2.05) is 0 Å². The highest BCUT2D eigenvalue weighted by Gasteiger charge is 2.11. The first-order valence-electron chi connectivity index (χ1n) is 4.07. The third kappa shape index (κ3) is 6.10. The van der Waals surface area contributed by atoms with Crippen LogP contribution in [0.5, 0.6) is 0 Å². The molecule has 0 unspecified atom stereocenters. The van der Waals surface area contributed by atoms with E-state index in [2.05, 4.69) is 10.1 Å². The number of carbonyl (C=O) groups is 2. The highest BCUT2D eigenvalue weighted by Crippen LogP contribution is 1.86. The normalized spacial score (nSPS) is 9.38. The van der Waals surface area contributed by atoms with E-state index >= 15 is 0 Å². The van der Waals surface area contributed by atoms with E-state index in [0.717, 1.165) is 12.8 Å². The van der Waals surface area contributed by atoms with Gasteiger partial charge in [0.1, 0.15) is 0 Å². The zero-order chi connectivity index (χ0) is 10.1. The second-order valence-electron chi connectivity index (χ2n) is 2.45. The van der Waals surface area contributed by atoms with Crippen LogP contribution < -0.4 is 5.32 Å². The molecule has 0 aromatic carbocycles.